The number of carbonyl (C=O) groups is 1. The predicted molar refractivity (Wildman–Crippen MR) is 126 cm³/mol. The van der Waals surface area contributed by atoms with E-state index in [9.17, 15) is 4.79 Å². The van der Waals surface area contributed by atoms with Gasteiger partial charge in [0.25, 0.3) is 0 Å². The van der Waals surface area contributed by atoms with Crippen LogP contribution < -0.4 is 10.6 Å². The number of aromatic nitrogens is 2. The Kier molecular flexibility index (Phi) is 7.74. The molecule has 1 aliphatic carbocycles. The van der Waals surface area contributed by atoms with Gasteiger partial charge in [0.05, 0.1) is 5.69 Å². The Hall–Kier alpha value is -1.84. The number of halogens is 1. The highest BCUT2D eigenvalue weighted by atomic mass is 127. The van der Waals surface area contributed by atoms with Crippen LogP contribution in [0.3, 0.4) is 0 Å². The number of rotatable bonds is 5. The molecule has 1 unspecified atom stereocenters. The van der Waals surface area contributed by atoms with Gasteiger partial charge >= 0.3 is 0 Å². The zero-order valence-corrected chi connectivity index (χ0v) is 19.3. The molecule has 7 nitrogen and oxygen atoms in total. The minimum atomic E-state index is 0. The molecule has 158 valence electrons. The molecule has 1 amide bonds. The normalized spacial score (nSPS) is 20.1. The predicted octanol–water partition coefficient (Wildman–Crippen LogP) is 2.45. The van der Waals surface area contributed by atoms with Crippen molar-refractivity contribution in [1.29, 1.82) is 0 Å². The van der Waals surface area contributed by atoms with Crippen molar-refractivity contribution in [3.05, 3.63) is 36.3 Å². The minimum absolute atomic E-state index is 0. The molecule has 8 heteroatoms. The third-order valence-corrected chi connectivity index (χ3v) is 5.86. The molecule has 29 heavy (non-hydrogen) atoms. The van der Waals surface area contributed by atoms with E-state index in [2.05, 4.69) is 26.8 Å². The number of aliphatic imine (C=N–C) groups is 1. The summed E-state index contributed by atoms with van der Waals surface area (Å²) in [5.41, 5.74) is 2.03. The van der Waals surface area contributed by atoms with Gasteiger partial charge in [-0.1, -0.05) is 18.9 Å². The van der Waals surface area contributed by atoms with Gasteiger partial charge in [-0.2, -0.15) is 0 Å². The smallest absolute Gasteiger partial charge is 0.225 e. The van der Waals surface area contributed by atoms with Crippen LogP contribution in [-0.4, -0.2) is 58.9 Å². The van der Waals surface area contributed by atoms with Crippen molar-refractivity contribution in [2.75, 3.05) is 26.7 Å². The summed E-state index contributed by atoms with van der Waals surface area (Å²) in [6, 6.07) is 6.28. The van der Waals surface area contributed by atoms with Crippen molar-refractivity contribution in [1.82, 2.24) is 24.9 Å². The lowest BCUT2D eigenvalue weighted by atomic mass is 10.1. The van der Waals surface area contributed by atoms with Gasteiger partial charge in [-0.25, -0.2) is 4.98 Å². The van der Waals surface area contributed by atoms with Crippen LogP contribution in [0.5, 0.6) is 0 Å². The first-order chi connectivity index (χ1) is 13.7. The summed E-state index contributed by atoms with van der Waals surface area (Å²) in [6.45, 7) is 2.40. The molecule has 1 aliphatic heterocycles. The fourth-order valence-electron chi connectivity index (χ4n) is 4.31. The lowest BCUT2D eigenvalue weighted by Gasteiger charge is -2.21. The molecular weight excluding hydrogens is 479 g/mol. The molecule has 2 N–H and O–H groups in total. The van der Waals surface area contributed by atoms with Gasteiger partial charge in [0.1, 0.15) is 5.65 Å². The van der Waals surface area contributed by atoms with Gasteiger partial charge in [-0.15, -0.1) is 24.0 Å². The van der Waals surface area contributed by atoms with E-state index in [1.807, 2.05) is 33.7 Å². The van der Waals surface area contributed by atoms with Crippen LogP contribution in [0.25, 0.3) is 5.65 Å². The van der Waals surface area contributed by atoms with Crippen molar-refractivity contribution in [3.8, 4) is 0 Å². The van der Waals surface area contributed by atoms with E-state index in [1.165, 1.54) is 12.8 Å². The van der Waals surface area contributed by atoms with E-state index >= 15 is 0 Å². The number of hydrogen-bond donors (Lipinski definition) is 2. The second kappa shape index (κ2) is 10.3. The summed E-state index contributed by atoms with van der Waals surface area (Å²) >= 11 is 0. The largest absolute Gasteiger partial charge is 0.356 e. The Morgan fingerprint density at radius 1 is 1.28 bits per heavy atom. The molecule has 1 saturated carbocycles. The molecule has 0 aromatic carbocycles. The lowest BCUT2D eigenvalue weighted by molar-refractivity contribution is -0.134. The molecule has 3 heterocycles. The maximum absolute atomic E-state index is 12.6. The molecule has 4 rings (SSSR count). The number of amides is 1. The fraction of sp³-hybridized carbons (Fsp3) is 0.571. The zero-order chi connectivity index (χ0) is 19.3. The van der Waals surface area contributed by atoms with Crippen molar-refractivity contribution in [2.24, 2.45) is 10.9 Å². The number of imidazole rings is 1. The highest BCUT2D eigenvalue weighted by molar-refractivity contribution is 14.0. The van der Waals surface area contributed by atoms with E-state index in [1.54, 1.807) is 7.05 Å². The summed E-state index contributed by atoms with van der Waals surface area (Å²) in [7, 11) is 1.79. The summed E-state index contributed by atoms with van der Waals surface area (Å²) < 4.78 is 2.04. The van der Waals surface area contributed by atoms with Crippen LogP contribution in [0, 0.1) is 5.92 Å². The van der Waals surface area contributed by atoms with Crippen LogP contribution in [-0.2, 0) is 11.2 Å². The first kappa shape index (κ1) is 21.9. The Balaban J connectivity index is 0.00000240. The number of fused-ring (bicyclic) bond motifs is 1. The Bertz CT molecular complexity index is 812. The monoisotopic (exact) mass is 510 g/mol. The Morgan fingerprint density at radius 2 is 2.10 bits per heavy atom. The van der Waals surface area contributed by atoms with Gasteiger partial charge in [0.2, 0.25) is 5.91 Å². The van der Waals surface area contributed by atoms with Crippen molar-refractivity contribution < 1.29 is 4.79 Å². The SMILES string of the molecule is CN=C(NCCc1cn2ccccc2n1)NC1CCN(C(=O)C2CCCC2)C1.I. The molecule has 0 spiro atoms. The van der Waals surface area contributed by atoms with E-state index in [0.717, 1.165) is 62.6 Å². The number of nitrogens with one attached hydrogen (secondary N) is 2. The summed E-state index contributed by atoms with van der Waals surface area (Å²) in [5.74, 6) is 1.42. The zero-order valence-electron chi connectivity index (χ0n) is 17.0. The van der Waals surface area contributed by atoms with Crippen molar-refractivity contribution in [2.45, 2.75) is 44.6 Å². The average Bonchev–Trinajstić information content (AvgIpc) is 3.46. The van der Waals surface area contributed by atoms with Crippen LogP contribution >= 0.6 is 24.0 Å². The highest BCUT2D eigenvalue weighted by Crippen LogP contribution is 2.27. The van der Waals surface area contributed by atoms with E-state index < -0.39 is 0 Å². The second-order valence-corrected chi connectivity index (χ2v) is 7.84. The molecular formula is C21H31IN6O. The summed E-state index contributed by atoms with van der Waals surface area (Å²) in [6.07, 6.45) is 10.4. The fourth-order valence-corrected chi connectivity index (χ4v) is 4.31. The molecule has 1 saturated heterocycles. The Morgan fingerprint density at radius 3 is 2.86 bits per heavy atom. The maximum Gasteiger partial charge on any atom is 0.225 e. The minimum Gasteiger partial charge on any atom is -0.356 e. The van der Waals surface area contributed by atoms with Gasteiger partial charge in [0.15, 0.2) is 5.96 Å². The molecule has 1 atom stereocenters. The molecule has 0 radical (unpaired) electrons. The number of guanidine groups is 1. The third kappa shape index (κ3) is 5.40. The number of carbonyl (C=O) groups excluding carboxylic acids is 1. The lowest BCUT2D eigenvalue weighted by Crippen LogP contribution is -2.45. The quantitative estimate of drug-likeness (QED) is 0.368. The molecule has 2 aliphatic rings. The number of pyridine rings is 1. The molecule has 0 bridgehead atoms. The maximum atomic E-state index is 12.6. The van der Waals surface area contributed by atoms with Crippen molar-refractivity contribution in [3.63, 3.8) is 0 Å². The van der Waals surface area contributed by atoms with Crippen LogP contribution in [0.1, 0.15) is 37.8 Å². The van der Waals surface area contributed by atoms with E-state index in [4.69, 9.17) is 0 Å². The molecule has 2 fully saturated rings. The topological polar surface area (TPSA) is 74.0 Å². The van der Waals surface area contributed by atoms with Gasteiger partial charge < -0.3 is 19.9 Å². The van der Waals surface area contributed by atoms with E-state index in [-0.39, 0.29) is 35.9 Å². The molecule has 2 aromatic heterocycles. The van der Waals surface area contributed by atoms with E-state index in [0.29, 0.717) is 5.91 Å². The van der Waals surface area contributed by atoms with Crippen LogP contribution in [0.2, 0.25) is 0 Å². The Labute approximate surface area is 189 Å². The van der Waals surface area contributed by atoms with Crippen LogP contribution in [0.15, 0.2) is 35.6 Å². The van der Waals surface area contributed by atoms with Gasteiger partial charge in [0, 0.05) is 57.5 Å². The second-order valence-electron chi connectivity index (χ2n) is 7.84. The van der Waals surface area contributed by atoms with Crippen molar-refractivity contribution >= 4 is 41.5 Å². The first-order valence-corrected chi connectivity index (χ1v) is 10.4. The number of likely N-dealkylation sites (tertiary alicyclic amines) is 1. The summed E-state index contributed by atoms with van der Waals surface area (Å²) in [5, 5.41) is 6.85. The van der Waals surface area contributed by atoms with Gasteiger partial charge in [-0.3, -0.25) is 9.79 Å². The number of hydrogen-bond acceptors (Lipinski definition) is 3. The average molecular weight is 510 g/mol. The number of nitrogens with zero attached hydrogens (tertiary/aromatic N) is 4. The van der Waals surface area contributed by atoms with Crippen LogP contribution in [0.4, 0.5) is 0 Å². The summed E-state index contributed by atoms with van der Waals surface area (Å²) in [4.78, 5) is 23.6. The van der Waals surface area contributed by atoms with Gasteiger partial charge in [-0.05, 0) is 31.4 Å². The standard InChI is InChI=1S/C21H30N6O.HI/c1-22-21(23-11-9-17-14-26-12-5-4-8-19(26)24-17)25-18-10-13-27(15-18)20(28)16-6-2-3-7-16;/h4-5,8,12,14,16,18H,2-3,6-7,9-11,13,15H2,1H3,(H2,22,23,25);1H. The third-order valence-electron chi connectivity index (χ3n) is 5.86. The first-order valence-electron chi connectivity index (χ1n) is 10.4. The molecule has 2 aromatic rings. The highest BCUT2D eigenvalue weighted by Gasteiger charge is 2.32.